The van der Waals surface area contributed by atoms with Gasteiger partial charge in [-0.1, -0.05) is 72.8 Å². The van der Waals surface area contributed by atoms with Crippen LogP contribution in [0, 0.1) is 0 Å². The van der Waals surface area contributed by atoms with Gasteiger partial charge in [0, 0.05) is 42.2 Å². The van der Waals surface area contributed by atoms with Crippen LogP contribution in [0.15, 0.2) is 109 Å². The van der Waals surface area contributed by atoms with E-state index in [0.717, 1.165) is 22.5 Å². The normalized spacial score (nSPS) is 11.8. The average molecular weight is 441 g/mol. The Balaban J connectivity index is 1.56. The molecule has 2 heterocycles. The lowest BCUT2D eigenvalue weighted by atomic mass is 9.99. The smallest absolute Gasteiger partial charge is 0.0561 e. The molecule has 0 spiro atoms. The topological polar surface area (TPSA) is 30.9 Å². The van der Waals surface area contributed by atoms with Gasteiger partial charge in [0.2, 0.25) is 0 Å². The Kier molecular flexibility index (Phi) is 3.90. The summed E-state index contributed by atoms with van der Waals surface area (Å²) in [5.74, 6) is 0. The third-order valence-electron chi connectivity index (χ3n) is 6.56. The number of nitrogens with zero attached hydrogens (tertiary/aromatic N) is 1. The molecule has 0 aliphatic heterocycles. The summed E-state index contributed by atoms with van der Waals surface area (Å²) in [4.78, 5) is 0. The molecule has 0 fully saturated rings. The van der Waals surface area contributed by atoms with Gasteiger partial charge < -0.3 is 10.3 Å². The van der Waals surface area contributed by atoms with Crippen LogP contribution < -0.4 is 5.73 Å². The molecule has 2 N–H and O–H groups in total. The van der Waals surface area contributed by atoms with Gasteiger partial charge in [-0.2, -0.15) is 0 Å². The molecule has 5 aromatic carbocycles. The predicted molar refractivity (Wildman–Crippen MR) is 144 cm³/mol. The van der Waals surface area contributed by atoms with Crippen LogP contribution in [0.2, 0.25) is 0 Å². The summed E-state index contributed by atoms with van der Waals surface area (Å²) in [6, 6.07) is 38.8. The van der Waals surface area contributed by atoms with Crippen molar-refractivity contribution in [3.8, 4) is 16.8 Å². The van der Waals surface area contributed by atoms with Crippen molar-refractivity contribution in [2.45, 2.75) is 0 Å². The van der Waals surface area contributed by atoms with E-state index in [0.29, 0.717) is 0 Å². The molecule has 33 heavy (non-hydrogen) atoms. The quantitative estimate of drug-likeness (QED) is 0.269. The zero-order chi connectivity index (χ0) is 21.9. The minimum absolute atomic E-state index is 0.787. The fourth-order valence-electron chi connectivity index (χ4n) is 5.12. The van der Waals surface area contributed by atoms with Gasteiger partial charge in [0.25, 0.3) is 0 Å². The highest BCUT2D eigenvalue weighted by molar-refractivity contribution is 7.25. The number of anilines is 1. The molecule has 156 valence electrons. The number of nitrogens with two attached hydrogens (primary N) is 1. The Morgan fingerprint density at radius 2 is 1.18 bits per heavy atom. The van der Waals surface area contributed by atoms with Crippen molar-refractivity contribution >= 4 is 59.0 Å². The maximum atomic E-state index is 6.66. The maximum absolute atomic E-state index is 6.66. The monoisotopic (exact) mass is 440 g/mol. The van der Waals surface area contributed by atoms with Gasteiger partial charge in [0.15, 0.2) is 0 Å². The van der Waals surface area contributed by atoms with Crippen molar-refractivity contribution < 1.29 is 0 Å². The molecular weight excluding hydrogens is 420 g/mol. The van der Waals surface area contributed by atoms with E-state index in [4.69, 9.17) is 5.73 Å². The molecule has 0 amide bonds. The van der Waals surface area contributed by atoms with E-state index < -0.39 is 0 Å². The number of thiophene rings is 1. The highest BCUT2D eigenvalue weighted by atomic mass is 32.1. The molecule has 0 unspecified atom stereocenters. The number of hydrogen-bond donors (Lipinski definition) is 1. The highest BCUT2D eigenvalue weighted by Gasteiger charge is 2.17. The summed E-state index contributed by atoms with van der Waals surface area (Å²) in [6.07, 6.45) is 0. The zero-order valence-corrected chi connectivity index (χ0v) is 18.6. The van der Waals surface area contributed by atoms with Gasteiger partial charge in [0.05, 0.1) is 16.7 Å². The molecule has 7 rings (SSSR count). The van der Waals surface area contributed by atoms with Crippen LogP contribution >= 0.6 is 11.3 Å². The second-order valence-corrected chi connectivity index (χ2v) is 9.50. The first-order chi connectivity index (χ1) is 16.3. The minimum Gasteiger partial charge on any atom is -0.398 e. The number of aromatic nitrogens is 1. The summed E-state index contributed by atoms with van der Waals surface area (Å²) in [5.41, 5.74) is 13.1. The van der Waals surface area contributed by atoms with Crippen LogP contribution in [0.25, 0.3) is 58.8 Å². The van der Waals surface area contributed by atoms with Crippen LogP contribution in [0.1, 0.15) is 0 Å². The largest absolute Gasteiger partial charge is 0.398 e. The third kappa shape index (κ3) is 2.66. The number of rotatable bonds is 2. The molecule has 7 aromatic rings. The number of hydrogen-bond acceptors (Lipinski definition) is 2. The van der Waals surface area contributed by atoms with Crippen molar-refractivity contribution in [3.63, 3.8) is 0 Å². The number of nitrogen functional groups attached to an aromatic ring is 1. The number of benzene rings is 5. The minimum atomic E-state index is 0.787. The van der Waals surface area contributed by atoms with Gasteiger partial charge >= 0.3 is 0 Å². The second kappa shape index (κ2) is 6.96. The molecule has 0 saturated heterocycles. The maximum Gasteiger partial charge on any atom is 0.0561 e. The number of fused-ring (bicyclic) bond motifs is 6. The lowest BCUT2D eigenvalue weighted by Crippen LogP contribution is -2.00. The summed E-state index contributed by atoms with van der Waals surface area (Å²) in [6.45, 7) is 0. The van der Waals surface area contributed by atoms with Gasteiger partial charge in [-0.3, -0.25) is 0 Å². The van der Waals surface area contributed by atoms with Crippen molar-refractivity contribution in [3.05, 3.63) is 109 Å². The van der Waals surface area contributed by atoms with Gasteiger partial charge in [-0.25, -0.2) is 0 Å². The molecule has 0 aliphatic carbocycles. The molecule has 0 bridgehead atoms. The molecule has 2 nitrogen and oxygen atoms in total. The van der Waals surface area contributed by atoms with Crippen molar-refractivity contribution in [1.82, 2.24) is 4.57 Å². The Labute approximate surface area is 195 Å². The first kappa shape index (κ1) is 18.5. The molecular formula is C30H20N2S. The van der Waals surface area contributed by atoms with E-state index >= 15 is 0 Å². The van der Waals surface area contributed by atoms with E-state index in [-0.39, 0.29) is 0 Å². The van der Waals surface area contributed by atoms with Gasteiger partial charge in [-0.05, 0) is 42.0 Å². The molecule has 0 saturated carbocycles. The Hall–Kier alpha value is -4.08. The van der Waals surface area contributed by atoms with Crippen LogP contribution in [-0.4, -0.2) is 4.57 Å². The van der Waals surface area contributed by atoms with E-state index in [1.54, 1.807) is 0 Å². The summed E-state index contributed by atoms with van der Waals surface area (Å²) in [7, 11) is 0. The zero-order valence-electron chi connectivity index (χ0n) is 17.8. The van der Waals surface area contributed by atoms with Crippen molar-refractivity contribution in [2.24, 2.45) is 0 Å². The Morgan fingerprint density at radius 1 is 0.545 bits per heavy atom. The van der Waals surface area contributed by atoms with Crippen molar-refractivity contribution in [2.75, 3.05) is 5.73 Å². The van der Waals surface area contributed by atoms with Crippen LogP contribution in [0.5, 0.6) is 0 Å². The summed E-state index contributed by atoms with van der Waals surface area (Å²) >= 11 is 1.84. The number of para-hydroxylation sites is 2. The molecule has 0 aliphatic rings. The molecule has 0 radical (unpaired) electrons. The van der Waals surface area contributed by atoms with E-state index in [1.165, 1.54) is 42.0 Å². The standard InChI is InChI=1S/C30H20N2S/c31-24-11-7-14-27(32-25-12-4-1-8-20(25)21-9-2-5-13-26(21)32)30(24)19-16-17-23-22-10-3-6-15-28(22)33-29(23)18-19/h1-18H,31H2. The average Bonchev–Trinajstić information content (AvgIpc) is 3.39. The first-order valence-corrected chi connectivity index (χ1v) is 11.9. The predicted octanol–water partition coefficient (Wildman–Crippen LogP) is 8.40. The molecule has 0 atom stereocenters. The first-order valence-electron chi connectivity index (χ1n) is 11.1. The van der Waals surface area contributed by atoms with E-state index in [1.807, 2.05) is 17.4 Å². The fourth-order valence-corrected chi connectivity index (χ4v) is 6.27. The van der Waals surface area contributed by atoms with Crippen LogP contribution in [0.3, 0.4) is 0 Å². The fraction of sp³-hybridized carbons (Fsp3) is 0. The van der Waals surface area contributed by atoms with Crippen LogP contribution in [-0.2, 0) is 0 Å². The van der Waals surface area contributed by atoms with Gasteiger partial charge in [0.1, 0.15) is 0 Å². The van der Waals surface area contributed by atoms with E-state index in [2.05, 4.69) is 108 Å². The SMILES string of the molecule is Nc1cccc(-n2c3ccccc3c3ccccc32)c1-c1ccc2c(c1)sc1ccccc12. The van der Waals surface area contributed by atoms with E-state index in [9.17, 15) is 0 Å². The molecule has 2 aromatic heterocycles. The highest BCUT2D eigenvalue weighted by Crippen LogP contribution is 2.41. The summed E-state index contributed by atoms with van der Waals surface area (Å²) in [5, 5.41) is 5.11. The van der Waals surface area contributed by atoms with Gasteiger partial charge in [-0.15, -0.1) is 11.3 Å². The second-order valence-electron chi connectivity index (χ2n) is 8.42. The third-order valence-corrected chi connectivity index (χ3v) is 7.70. The van der Waals surface area contributed by atoms with Crippen molar-refractivity contribution in [1.29, 1.82) is 0 Å². The summed E-state index contributed by atoms with van der Waals surface area (Å²) < 4.78 is 4.95. The Morgan fingerprint density at radius 3 is 1.94 bits per heavy atom. The lowest BCUT2D eigenvalue weighted by Gasteiger charge is -2.16. The molecule has 3 heteroatoms. The Bertz CT molecular complexity index is 1780. The van der Waals surface area contributed by atoms with Crippen LogP contribution in [0.4, 0.5) is 5.69 Å². The lowest BCUT2D eigenvalue weighted by molar-refractivity contribution is 1.18.